The highest BCUT2D eigenvalue weighted by Gasteiger charge is 2.27. The van der Waals surface area contributed by atoms with Gasteiger partial charge in [-0.2, -0.15) is 5.10 Å². The van der Waals surface area contributed by atoms with Gasteiger partial charge in [-0.25, -0.2) is 4.68 Å². The van der Waals surface area contributed by atoms with Crippen molar-refractivity contribution in [2.75, 3.05) is 17.7 Å². The fourth-order valence-electron chi connectivity index (χ4n) is 3.83. The first-order valence-corrected chi connectivity index (χ1v) is 11.8. The summed E-state index contributed by atoms with van der Waals surface area (Å²) in [5.41, 5.74) is 3.30. The van der Waals surface area contributed by atoms with Crippen LogP contribution < -0.4 is 14.8 Å². The Hall–Kier alpha value is -3.79. The molecule has 0 aliphatic carbocycles. The van der Waals surface area contributed by atoms with Crippen LogP contribution in [0.5, 0.6) is 11.5 Å². The fourth-order valence-corrected chi connectivity index (χ4v) is 4.55. The molecule has 34 heavy (non-hydrogen) atoms. The molecule has 0 radical (unpaired) electrons. The molecule has 0 saturated heterocycles. The molecule has 5 rings (SSSR count). The summed E-state index contributed by atoms with van der Waals surface area (Å²) >= 11 is 1.31. The number of anilines is 1. The van der Waals surface area contributed by atoms with Crippen LogP contribution in [-0.4, -0.2) is 42.8 Å². The number of rotatable bonds is 6. The average molecular weight is 477 g/mol. The number of nitrogens with zero attached hydrogens (tertiary/aromatic N) is 5. The van der Waals surface area contributed by atoms with E-state index in [4.69, 9.17) is 9.47 Å². The minimum Gasteiger partial charge on any atom is -0.485 e. The quantitative estimate of drug-likeness (QED) is 0.422. The minimum atomic E-state index is -0.371. The molecule has 0 unspecified atom stereocenters. The number of nitrogens with one attached hydrogen (secondary N) is 1. The van der Waals surface area contributed by atoms with Crippen molar-refractivity contribution in [2.24, 2.45) is 7.05 Å². The second-order valence-corrected chi connectivity index (χ2v) is 8.84. The molecular weight excluding hydrogens is 452 g/mol. The number of para-hydroxylation sites is 3. The molecule has 1 aliphatic rings. The number of aromatic nitrogens is 5. The van der Waals surface area contributed by atoms with Gasteiger partial charge in [0.15, 0.2) is 28.6 Å². The first-order chi connectivity index (χ1) is 16.5. The number of ether oxygens (including phenoxy) is 2. The first kappa shape index (κ1) is 22.0. The van der Waals surface area contributed by atoms with Gasteiger partial charge in [0.05, 0.1) is 28.5 Å². The first-order valence-electron chi connectivity index (χ1n) is 10.8. The Bertz CT molecular complexity index is 1330. The number of amides is 1. The van der Waals surface area contributed by atoms with Crippen LogP contribution in [0.4, 0.5) is 5.69 Å². The third-order valence-electron chi connectivity index (χ3n) is 5.55. The molecule has 10 heteroatoms. The van der Waals surface area contributed by atoms with Gasteiger partial charge < -0.3 is 19.4 Å². The lowest BCUT2D eigenvalue weighted by Gasteiger charge is -2.25. The number of thioether (sulfide) groups is 1. The normalized spacial score (nSPS) is 14.7. The maximum absolute atomic E-state index is 12.7. The maximum Gasteiger partial charge on any atom is 0.234 e. The molecule has 0 saturated carbocycles. The number of hydrogen-bond donors (Lipinski definition) is 1. The molecule has 0 fully saturated rings. The zero-order chi connectivity index (χ0) is 23.7. The Labute approximate surface area is 201 Å². The highest BCUT2D eigenvalue weighted by atomic mass is 32.2. The summed E-state index contributed by atoms with van der Waals surface area (Å²) in [5, 5.41) is 16.7. The largest absolute Gasteiger partial charge is 0.485 e. The number of aryl methyl sites for hydroxylation is 1. The predicted molar refractivity (Wildman–Crippen MR) is 129 cm³/mol. The van der Waals surface area contributed by atoms with E-state index in [1.165, 1.54) is 11.8 Å². The fraction of sp³-hybridized carbons (Fsp3) is 0.250. The Morgan fingerprint density at radius 2 is 1.82 bits per heavy atom. The van der Waals surface area contributed by atoms with Gasteiger partial charge in [0.1, 0.15) is 6.61 Å². The van der Waals surface area contributed by atoms with E-state index in [-0.39, 0.29) is 17.8 Å². The second kappa shape index (κ2) is 9.22. The van der Waals surface area contributed by atoms with Crippen LogP contribution in [0.3, 0.4) is 0 Å². The summed E-state index contributed by atoms with van der Waals surface area (Å²) in [6.45, 7) is 4.17. The minimum absolute atomic E-state index is 0.139. The summed E-state index contributed by atoms with van der Waals surface area (Å²) in [5.74, 6) is 2.09. The van der Waals surface area contributed by atoms with Crippen LogP contribution in [-0.2, 0) is 11.8 Å². The SMILES string of the molecule is Cc1nn(-c2ccccc2)c(C)c1NC(=O)CSc1nnc([C@@H]2COc3ccccc3O2)n1C. The van der Waals surface area contributed by atoms with E-state index in [0.29, 0.717) is 29.1 Å². The highest BCUT2D eigenvalue weighted by molar-refractivity contribution is 7.99. The lowest BCUT2D eigenvalue weighted by atomic mass is 10.2. The average Bonchev–Trinajstić information content (AvgIpc) is 3.37. The lowest BCUT2D eigenvalue weighted by Crippen LogP contribution is -2.24. The summed E-state index contributed by atoms with van der Waals surface area (Å²) in [7, 11) is 1.86. The van der Waals surface area contributed by atoms with Gasteiger partial charge >= 0.3 is 0 Å². The van der Waals surface area contributed by atoms with Crippen molar-refractivity contribution in [2.45, 2.75) is 25.1 Å². The monoisotopic (exact) mass is 476 g/mol. The molecule has 1 amide bonds. The summed E-state index contributed by atoms with van der Waals surface area (Å²) in [6, 6.07) is 17.4. The van der Waals surface area contributed by atoms with E-state index in [0.717, 1.165) is 22.8 Å². The van der Waals surface area contributed by atoms with Crippen LogP contribution in [0.1, 0.15) is 23.3 Å². The smallest absolute Gasteiger partial charge is 0.234 e. The molecule has 9 nitrogen and oxygen atoms in total. The van der Waals surface area contributed by atoms with E-state index in [1.807, 2.05) is 84.7 Å². The molecule has 2 aromatic carbocycles. The van der Waals surface area contributed by atoms with Crippen LogP contribution in [0.25, 0.3) is 5.69 Å². The number of benzene rings is 2. The third-order valence-corrected chi connectivity index (χ3v) is 6.57. The van der Waals surface area contributed by atoms with Crippen LogP contribution in [0.2, 0.25) is 0 Å². The number of carbonyl (C=O) groups is 1. The predicted octanol–water partition coefficient (Wildman–Crippen LogP) is 3.86. The van der Waals surface area contributed by atoms with E-state index in [9.17, 15) is 4.79 Å². The molecular formula is C24H24N6O3S. The Kier molecular flexibility index (Phi) is 5.97. The van der Waals surface area contributed by atoms with Gasteiger partial charge in [-0.15, -0.1) is 10.2 Å². The summed E-state index contributed by atoms with van der Waals surface area (Å²) in [4.78, 5) is 12.7. The molecule has 1 N–H and O–H groups in total. The maximum atomic E-state index is 12.7. The molecule has 1 atom stereocenters. The Morgan fingerprint density at radius 1 is 1.09 bits per heavy atom. The van der Waals surface area contributed by atoms with Crippen LogP contribution >= 0.6 is 11.8 Å². The van der Waals surface area contributed by atoms with Crippen molar-refractivity contribution >= 4 is 23.4 Å². The molecule has 174 valence electrons. The molecule has 1 aliphatic heterocycles. The van der Waals surface area contributed by atoms with Gasteiger partial charge in [-0.3, -0.25) is 4.79 Å². The van der Waals surface area contributed by atoms with Gasteiger partial charge in [0.2, 0.25) is 5.91 Å². The zero-order valence-corrected chi connectivity index (χ0v) is 19.9. The second-order valence-electron chi connectivity index (χ2n) is 7.89. The van der Waals surface area contributed by atoms with Crippen LogP contribution in [0.15, 0.2) is 59.8 Å². The van der Waals surface area contributed by atoms with Crippen molar-refractivity contribution in [3.05, 3.63) is 71.8 Å². The molecule has 4 aromatic rings. The van der Waals surface area contributed by atoms with Crippen molar-refractivity contribution in [3.63, 3.8) is 0 Å². The van der Waals surface area contributed by atoms with Crippen molar-refractivity contribution < 1.29 is 14.3 Å². The van der Waals surface area contributed by atoms with Crippen molar-refractivity contribution in [3.8, 4) is 17.2 Å². The molecule has 2 aromatic heterocycles. The van der Waals surface area contributed by atoms with E-state index >= 15 is 0 Å². The van der Waals surface area contributed by atoms with Gasteiger partial charge in [0.25, 0.3) is 0 Å². The van der Waals surface area contributed by atoms with Gasteiger partial charge in [-0.1, -0.05) is 42.1 Å². The number of carbonyl (C=O) groups excluding carboxylic acids is 1. The lowest BCUT2D eigenvalue weighted by molar-refractivity contribution is -0.113. The third kappa shape index (κ3) is 4.24. The van der Waals surface area contributed by atoms with Crippen molar-refractivity contribution in [1.29, 1.82) is 0 Å². The number of hydrogen-bond acceptors (Lipinski definition) is 7. The van der Waals surface area contributed by atoms with Gasteiger partial charge in [-0.05, 0) is 38.1 Å². The van der Waals surface area contributed by atoms with Crippen molar-refractivity contribution in [1.82, 2.24) is 24.5 Å². The zero-order valence-electron chi connectivity index (χ0n) is 19.1. The standard InChI is InChI=1S/C24H24N6O3S/c1-15-22(16(2)30(28-15)17-9-5-4-6-10-17)25-21(31)14-34-24-27-26-23(29(24)3)20-13-32-18-11-7-8-12-19(18)33-20/h4-12,20H,13-14H2,1-3H3,(H,25,31)/t20-/m0/s1. The van der Waals surface area contributed by atoms with E-state index < -0.39 is 0 Å². The topological polar surface area (TPSA) is 96.1 Å². The molecule has 0 bridgehead atoms. The highest BCUT2D eigenvalue weighted by Crippen LogP contribution is 2.35. The summed E-state index contributed by atoms with van der Waals surface area (Å²) in [6.07, 6.45) is -0.371. The molecule has 0 spiro atoms. The molecule has 3 heterocycles. The van der Waals surface area contributed by atoms with Gasteiger partial charge in [0, 0.05) is 7.05 Å². The van der Waals surface area contributed by atoms with E-state index in [1.54, 1.807) is 0 Å². The van der Waals surface area contributed by atoms with E-state index in [2.05, 4.69) is 20.6 Å². The Balaban J connectivity index is 1.23. The number of fused-ring (bicyclic) bond motifs is 1. The van der Waals surface area contributed by atoms with Crippen LogP contribution in [0, 0.1) is 13.8 Å². The Morgan fingerprint density at radius 3 is 2.62 bits per heavy atom. The summed E-state index contributed by atoms with van der Waals surface area (Å²) < 4.78 is 15.5.